The van der Waals surface area contributed by atoms with Crippen molar-refractivity contribution in [3.05, 3.63) is 59.7 Å². The van der Waals surface area contributed by atoms with E-state index in [1.165, 1.54) is 0 Å². The van der Waals surface area contributed by atoms with Crippen LogP contribution >= 0.6 is 0 Å². The second kappa shape index (κ2) is 12.0. The van der Waals surface area contributed by atoms with Crippen LogP contribution in [0.4, 0.5) is 0 Å². The summed E-state index contributed by atoms with van der Waals surface area (Å²) in [6.45, 7) is 19.7. The van der Waals surface area contributed by atoms with Gasteiger partial charge < -0.3 is 32.8 Å². The average molecular weight is 538 g/mol. The first-order valence-corrected chi connectivity index (χ1v) is 13.9. The zero-order valence-electron chi connectivity index (χ0n) is 24.9. The number of hydrogen-bond acceptors (Lipinski definition) is 7. The predicted octanol–water partition coefficient (Wildman–Crippen LogP) is 4.04. The van der Waals surface area contributed by atoms with Gasteiger partial charge in [-0.25, -0.2) is 0 Å². The Kier molecular flexibility index (Phi) is 9.33. The Morgan fingerprint density at radius 3 is 1.05 bits per heavy atom. The highest BCUT2D eigenvalue weighted by Crippen LogP contribution is 2.37. The SMILES string of the molecule is CC1(C)OB(c2ccc(COCCOCCOCc3ccc(B4OC(C)(C)C(C)(C)O4)cc3)cc2)OC1(C)C. The molecule has 212 valence electrons. The van der Waals surface area contributed by atoms with E-state index in [2.05, 4.69) is 79.7 Å². The zero-order chi connectivity index (χ0) is 28.3. The minimum Gasteiger partial charge on any atom is -0.399 e. The van der Waals surface area contributed by atoms with Crippen LogP contribution in [-0.2, 0) is 46.0 Å². The Morgan fingerprint density at radius 2 is 0.744 bits per heavy atom. The second-order valence-electron chi connectivity index (χ2n) is 12.4. The fraction of sp³-hybridized carbons (Fsp3) is 0.600. The van der Waals surface area contributed by atoms with Crippen LogP contribution in [-0.4, -0.2) is 63.1 Å². The molecule has 0 N–H and O–H groups in total. The third-order valence-electron chi connectivity index (χ3n) is 8.29. The van der Waals surface area contributed by atoms with Gasteiger partial charge in [0.2, 0.25) is 0 Å². The second-order valence-corrected chi connectivity index (χ2v) is 12.4. The van der Waals surface area contributed by atoms with Crippen molar-refractivity contribution in [1.82, 2.24) is 0 Å². The van der Waals surface area contributed by atoms with Crippen LogP contribution in [0.3, 0.4) is 0 Å². The molecule has 2 aromatic rings. The lowest BCUT2D eigenvalue weighted by Gasteiger charge is -2.32. The molecule has 0 bridgehead atoms. The summed E-state index contributed by atoms with van der Waals surface area (Å²) in [5.41, 5.74) is 2.87. The van der Waals surface area contributed by atoms with Crippen molar-refractivity contribution < 1.29 is 32.8 Å². The van der Waals surface area contributed by atoms with Gasteiger partial charge in [-0.05, 0) is 77.4 Å². The molecule has 9 heteroatoms. The summed E-state index contributed by atoms with van der Waals surface area (Å²) in [4.78, 5) is 0. The summed E-state index contributed by atoms with van der Waals surface area (Å²) in [7, 11) is -0.692. The van der Waals surface area contributed by atoms with Crippen LogP contribution in [0.25, 0.3) is 0 Å². The Bertz CT molecular complexity index is 950. The van der Waals surface area contributed by atoms with Gasteiger partial charge >= 0.3 is 14.2 Å². The lowest BCUT2D eigenvalue weighted by Crippen LogP contribution is -2.41. The van der Waals surface area contributed by atoms with Crippen molar-refractivity contribution >= 4 is 25.2 Å². The normalized spacial score (nSPS) is 21.0. The highest BCUT2D eigenvalue weighted by molar-refractivity contribution is 6.62. The summed E-state index contributed by atoms with van der Waals surface area (Å²) in [6.07, 6.45) is 0. The fourth-order valence-corrected chi connectivity index (χ4v) is 4.22. The molecule has 0 saturated carbocycles. The average Bonchev–Trinajstić information content (AvgIpc) is 3.23. The maximum atomic E-state index is 6.12. The van der Waals surface area contributed by atoms with E-state index in [1.807, 2.05) is 24.3 Å². The van der Waals surface area contributed by atoms with Crippen molar-refractivity contribution in [2.45, 2.75) is 91.0 Å². The molecule has 0 atom stereocenters. The van der Waals surface area contributed by atoms with Crippen LogP contribution in [0.5, 0.6) is 0 Å². The molecule has 0 radical (unpaired) electrons. The standard InChI is InChI=1S/C30H44B2O7/c1-27(2)28(3,4)37-31(36-27)25-13-9-23(10-14-25)21-34-19-17-33-18-20-35-22-24-11-15-26(16-12-24)32-38-29(5,6)30(7,8)39-32/h9-16H,17-22H2,1-8H3. The molecule has 0 aromatic heterocycles. The Hall–Kier alpha value is -1.71. The topological polar surface area (TPSA) is 64.6 Å². The number of benzene rings is 2. The van der Waals surface area contributed by atoms with E-state index < -0.39 is 0 Å². The van der Waals surface area contributed by atoms with Crippen LogP contribution in [0, 0.1) is 0 Å². The van der Waals surface area contributed by atoms with E-state index in [4.69, 9.17) is 32.8 Å². The number of rotatable bonds is 12. The summed E-state index contributed by atoms with van der Waals surface area (Å²) in [5, 5.41) is 0. The molecular weight excluding hydrogens is 494 g/mol. The quantitative estimate of drug-likeness (QED) is 0.299. The van der Waals surface area contributed by atoms with Crippen molar-refractivity contribution in [1.29, 1.82) is 0 Å². The minimum absolute atomic E-state index is 0.341. The predicted molar refractivity (Wildman–Crippen MR) is 154 cm³/mol. The number of hydrogen-bond donors (Lipinski definition) is 0. The molecule has 0 unspecified atom stereocenters. The van der Waals surface area contributed by atoms with Crippen molar-refractivity contribution in [3.63, 3.8) is 0 Å². The summed E-state index contributed by atoms with van der Waals surface area (Å²) in [6, 6.07) is 16.4. The largest absolute Gasteiger partial charge is 0.494 e. The van der Waals surface area contributed by atoms with E-state index in [-0.39, 0.29) is 36.6 Å². The highest BCUT2D eigenvalue weighted by Gasteiger charge is 2.52. The van der Waals surface area contributed by atoms with Gasteiger partial charge in [-0.3, -0.25) is 0 Å². The summed E-state index contributed by atoms with van der Waals surface area (Å²) < 4.78 is 41.6. The van der Waals surface area contributed by atoms with Crippen molar-refractivity contribution in [2.24, 2.45) is 0 Å². The lowest BCUT2D eigenvalue weighted by atomic mass is 9.79. The summed E-state index contributed by atoms with van der Waals surface area (Å²) in [5.74, 6) is 0. The highest BCUT2D eigenvalue weighted by atomic mass is 16.7. The Balaban J connectivity index is 1.05. The molecule has 7 nitrogen and oxygen atoms in total. The van der Waals surface area contributed by atoms with E-state index in [1.54, 1.807) is 0 Å². The van der Waals surface area contributed by atoms with Gasteiger partial charge in [0.1, 0.15) is 0 Å². The van der Waals surface area contributed by atoms with E-state index in [0.29, 0.717) is 39.6 Å². The van der Waals surface area contributed by atoms with Crippen molar-refractivity contribution in [2.75, 3.05) is 26.4 Å². The first-order chi connectivity index (χ1) is 18.3. The van der Waals surface area contributed by atoms with E-state index in [9.17, 15) is 0 Å². The molecule has 2 aliphatic rings. The van der Waals surface area contributed by atoms with Gasteiger partial charge in [0.05, 0.1) is 62.0 Å². The molecule has 4 rings (SSSR count). The van der Waals surface area contributed by atoms with E-state index >= 15 is 0 Å². The number of ether oxygens (including phenoxy) is 3. The van der Waals surface area contributed by atoms with Crippen molar-refractivity contribution in [3.8, 4) is 0 Å². The molecular formula is C30H44B2O7. The first-order valence-electron chi connectivity index (χ1n) is 13.9. The van der Waals surface area contributed by atoms with E-state index in [0.717, 1.165) is 22.1 Å². The Labute approximate surface area is 235 Å². The van der Waals surface area contributed by atoms with Gasteiger partial charge in [0, 0.05) is 0 Å². The van der Waals surface area contributed by atoms with Gasteiger partial charge in [-0.2, -0.15) is 0 Å². The first kappa shape index (κ1) is 30.3. The summed E-state index contributed by atoms with van der Waals surface area (Å²) >= 11 is 0. The Morgan fingerprint density at radius 1 is 0.462 bits per heavy atom. The fourth-order valence-electron chi connectivity index (χ4n) is 4.22. The van der Waals surface area contributed by atoms with Crippen LogP contribution < -0.4 is 10.9 Å². The molecule has 0 amide bonds. The van der Waals surface area contributed by atoms with Crippen LogP contribution in [0.2, 0.25) is 0 Å². The van der Waals surface area contributed by atoms with Crippen LogP contribution in [0.1, 0.15) is 66.5 Å². The van der Waals surface area contributed by atoms with Gasteiger partial charge in [0.15, 0.2) is 0 Å². The van der Waals surface area contributed by atoms with Gasteiger partial charge in [-0.1, -0.05) is 48.5 Å². The monoisotopic (exact) mass is 538 g/mol. The molecule has 2 saturated heterocycles. The molecule has 39 heavy (non-hydrogen) atoms. The third-order valence-corrected chi connectivity index (χ3v) is 8.29. The zero-order valence-corrected chi connectivity index (χ0v) is 24.9. The van der Waals surface area contributed by atoms with Gasteiger partial charge in [-0.15, -0.1) is 0 Å². The lowest BCUT2D eigenvalue weighted by molar-refractivity contribution is 0.00578. The third kappa shape index (κ3) is 7.33. The maximum absolute atomic E-state index is 6.12. The molecule has 2 aromatic carbocycles. The molecule has 0 aliphatic carbocycles. The van der Waals surface area contributed by atoms with Gasteiger partial charge in [0.25, 0.3) is 0 Å². The molecule has 0 spiro atoms. The molecule has 2 fully saturated rings. The minimum atomic E-state index is -0.346. The smallest absolute Gasteiger partial charge is 0.399 e. The molecule has 2 heterocycles. The molecule has 2 aliphatic heterocycles. The van der Waals surface area contributed by atoms with Crippen LogP contribution in [0.15, 0.2) is 48.5 Å². The maximum Gasteiger partial charge on any atom is 0.494 e.